The van der Waals surface area contributed by atoms with E-state index in [1.54, 1.807) is 6.07 Å². The maximum atomic E-state index is 12.9. The third kappa shape index (κ3) is 2.52. The smallest absolute Gasteiger partial charge is 0.147 e. The number of hydrogen-bond acceptors (Lipinski definition) is 2. The Kier molecular flexibility index (Phi) is 3.42. The van der Waals surface area contributed by atoms with Gasteiger partial charge < -0.3 is 5.73 Å². The molecule has 0 bridgehead atoms. The molecule has 1 unspecified atom stereocenters. The quantitative estimate of drug-likeness (QED) is 0.759. The molecular formula is C9H12FNOS. The number of nitrogen functional groups attached to an aromatic ring is 1. The lowest BCUT2D eigenvalue weighted by atomic mass is 10.3. The van der Waals surface area contributed by atoms with Gasteiger partial charge in [-0.2, -0.15) is 0 Å². The molecule has 1 rings (SSSR count). The second-order valence-electron chi connectivity index (χ2n) is 2.73. The van der Waals surface area contributed by atoms with Crippen LogP contribution in [0.25, 0.3) is 0 Å². The fourth-order valence-electron chi connectivity index (χ4n) is 0.953. The van der Waals surface area contributed by atoms with Crippen LogP contribution in [0.1, 0.15) is 13.3 Å². The van der Waals surface area contributed by atoms with Gasteiger partial charge in [-0.05, 0) is 24.6 Å². The van der Waals surface area contributed by atoms with Crippen LogP contribution in [0, 0.1) is 5.82 Å². The Morgan fingerprint density at radius 3 is 2.77 bits per heavy atom. The first-order valence-corrected chi connectivity index (χ1v) is 5.40. The highest BCUT2D eigenvalue weighted by Crippen LogP contribution is 2.15. The molecule has 1 aromatic carbocycles. The minimum Gasteiger partial charge on any atom is -0.396 e. The van der Waals surface area contributed by atoms with Crippen LogP contribution < -0.4 is 5.73 Å². The highest BCUT2D eigenvalue weighted by molar-refractivity contribution is 7.85. The van der Waals surface area contributed by atoms with Gasteiger partial charge in [-0.15, -0.1) is 0 Å². The Morgan fingerprint density at radius 2 is 2.23 bits per heavy atom. The summed E-state index contributed by atoms with van der Waals surface area (Å²) >= 11 is 0. The fraction of sp³-hybridized carbons (Fsp3) is 0.333. The van der Waals surface area contributed by atoms with Crippen molar-refractivity contribution in [3.05, 3.63) is 24.0 Å². The summed E-state index contributed by atoms with van der Waals surface area (Å²) in [6.07, 6.45) is 0.818. The third-order valence-electron chi connectivity index (χ3n) is 1.62. The summed E-state index contributed by atoms with van der Waals surface area (Å²) in [5.41, 5.74) is 5.38. The SMILES string of the molecule is CCCS(=O)c1ccc(N)c(F)c1. The summed E-state index contributed by atoms with van der Waals surface area (Å²) in [7, 11) is -1.10. The van der Waals surface area contributed by atoms with Crippen LogP contribution in [0.2, 0.25) is 0 Å². The van der Waals surface area contributed by atoms with Crippen molar-refractivity contribution in [2.24, 2.45) is 0 Å². The van der Waals surface area contributed by atoms with Crippen LogP contribution >= 0.6 is 0 Å². The molecule has 0 radical (unpaired) electrons. The minimum absolute atomic E-state index is 0.0947. The normalized spacial score (nSPS) is 12.8. The Hall–Kier alpha value is -0.900. The van der Waals surface area contributed by atoms with Gasteiger partial charge in [-0.3, -0.25) is 4.21 Å². The van der Waals surface area contributed by atoms with Crippen molar-refractivity contribution in [2.75, 3.05) is 11.5 Å². The Labute approximate surface area is 79.4 Å². The summed E-state index contributed by atoms with van der Waals surface area (Å²) in [6.45, 7) is 1.94. The van der Waals surface area contributed by atoms with Crippen molar-refractivity contribution in [1.29, 1.82) is 0 Å². The van der Waals surface area contributed by atoms with E-state index in [0.717, 1.165) is 6.42 Å². The summed E-state index contributed by atoms with van der Waals surface area (Å²) in [5, 5.41) is 0. The molecule has 4 heteroatoms. The molecule has 72 valence electrons. The van der Waals surface area contributed by atoms with Crippen LogP contribution in [-0.2, 0) is 10.8 Å². The summed E-state index contributed by atoms with van der Waals surface area (Å²) in [6, 6.07) is 4.28. The van der Waals surface area contributed by atoms with Gasteiger partial charge in [0.15, 0.2) is 0 Å². The second kappa shape index (κ2) is 4.37. The Morgan fingerprint density at radius 1 is 1.54 bits per heavy atom. The zero-order chi connectivity index (χ0) is 9.84. The molecule has 0 spiro atoms. The van der Waals surface area contributed by atoms with E-state index in [1.165, 1.54) is 12.1 Å². The first-order chi connectivity index (χ1) is 6.15. The molecule has 0 saturated heterocycles. The van der Waals surface area contributed by atoms with E-state index in [-0.39, 0.29) is 5.69 Å². The Bertz CT molecular complexity index is 327. The van der Waals surface area contributed by atoms with Crippen LogP contribution in [0.3, 0.4) is 0 Å². The molecule has 0 fully saturated rings. The van der Waals surface area contributed by atoms with Crippen LogP contribution in [0.15, 0.2) is 23.1 Å². The number of hydrogen-bond donors (Lipinski definition) is 1. The first kappa shape index (κ1) is 10.2. The van der Waals surface area contributed by atoms with Gasteiger partial charge in [0.1, 0.15) is 5.82 Å². The summed E-state index contributed by atoms with van der Waals surface area (Å²) in [4.78, 5) is 0.508. The monoisotopic (exact) mass is 201 g/mol. The molecule has 0 heterocycles. The maximum Gasteiger partial charge on any atom is 0.147 e. The van der Waals surface area contributed by atoms with Gasteiger partial charge in [0.2, 0.25) is 0 Å². The lowest BCUT2D eigenvalue weighted by molar-refractivity contribution is 0.627. The highest BCUT2D eigenvalue weighted by atomic mass is 32.2. The van der Waals surface area contributed by atoms with Crippen molar-refractivity contribution in [2.45, 2.75) is 18.2 Å². The standard InChI is InChI=1S/C9H12FNOS/c1-2-5-13(12)7-3-4-9(11)8(10)6-7/h3-4,6H,2,5,11H2,1H3. The number of nitrogens with two attached hydrogens (primary N) is 1. The predicted molar refractivity (Wildman–Crippen MR) is 52.4 cm³/mol. The largest absolute Gasteiger partial charge is 0.396 e. The van der Waals surface area contributed by atoms with E-state index >= 15 is 0 Å². The zero-order valence-corrected chi connectivity index (χ0v) is 8.23. The molecular weight excluding hydrogens is 189 g/mol. The molecule has 0 aromatic heterocycles. The van der Waals surface area contributed by atoms with Crippen molar-refractivity contribution < 1.29 is 8.60 Å². The van der Waals surface area contributed by atoms with E-state index in [0.29, 0.717) is 10.6 Å². The van der Waals surface area contributed by atoms with Gasteiger partial charge in [-0.1, -0.05) is 6.92 Å². The average molecular weight is 201 g/mol. The lowest BCUT2D eigenvalue weighted by Gasteiger charge is -2.01. The highest BCUT2D eigenvalue weighted by Gasteiger charge is 2.05. The van der Waals surface area contributed by atoms with E-state index in [9.17, 15) is 8.60 Å². The second-order valence-corrected chi connectivity index (χ2v) is 4.30. The zero-order valence-electron chi connectivity index (χ0n) is 7.42. The number of benzene rings is 1. The number of anilines is 1. The average Bonchev–Trinajstić information content (AvgIpc) is 2.10. The van der Waals surface area contributed by atoms with Crippen LogP contribution in [0.5, 0.6) is 0 Å². The van der Waals surface area contributed by atoms with E-state index < -0.39 is 16.6 Å². The van der Waals surface area contributed by atoms with Gasteiger partial charge in [-0.25, -0.2) is 4.39 Å². The van der Waals surface area contributed by atoms with Crippen LogP contribution in [0.4, 0.5) is 10.1 Å². The maximum absolute atomic E-state index is 12.9. The number of rotatable bonds is 3. The number of halogens is 1. The molecule has 2 nitrogen and oxygen atoms in total. The molecule has 13 heavy (non-hydrogen) atoms. The van der Waals surface area contributed by atoms with Crippen LogP contribution in [-0.4, -0.2) is 9.96 Å². The Balaban J connectivity index is 2.90. The summed E-state index contributed by atoms with van der Waals surface area (Å²) < 4.78 is 24.3. The molecule has 0 saturated carbocycles. The van der Waals surface area contributed by atoms with Crippen molar-refractivity contribution in [3.8, 4) is 0 Å². The molecule has 1 atom stereocenters. The molecule has 0 aliphatic rings. The van der Waals surface area contributed by atoms with E-state index in [1.807, 2.05) is 6.92 Å². The predicted octanol–water partition coefficient (Wildman–Crippen LogP) is 1.93. The molecule has 0 aliphatic heterocycles. The summed E-state index contributed by atoms with van der Waals surface area (Å²) in [5.74, 6) is 0.0607. The molecule has 1 aromatic rings. The molecule has 2 N–H and O–H groups in total. The first-order valence-electron chi connectivity index (χ1n) is 4.08. The van der Waals surface area contributed by atoms with Gasteiger partial charge in [0.25, 0.3) is 0 Å². The van der Waals surface area contributed by atoms with Gasteiger partial charge in [0.05, 0.1) is 16.5 Å². The van der Waals surface area contributed by atoms with Crippen molar-refractivity contribution in [3.63, 3.8) is 0 Å². The van der Waals surface area contributed by atoms with E-state index in [4.69, 9.17) is 5.73 Å². The van der Waals surface area contributed by atoms with E-state index in [2.05, 4.69) is 0 Å². The third-order valence-corrected chi connectivity index (χ3v) is 3.18. The van der Waals surface area contributed by atoms with Gasteiger partial charge >= 0.3 is 0 Å². The van der Waals surface area contributed by atoms with Crippen molar-refractivity contribution in [1.82, 2.24) is 0 Å². The lowest BCUT2D eigenvalue weighted by Crippen LogP contribution is -1.98. The molecule has 0 amide bonds. The van der Waals surface area contributed by atoms with Gasteiger partial charge in [0, 0.05) is 10.6 Å². The fourth-order valence-corrected chi connectivity index (χ4v) is 2.01. The topological polar surface area (TPSA) is 43.1 Å². The minimum atomic E-state index is -1.10. The van der Waals surface area contributed by atoms with Crippen molar-refractivity contribution >= 4 is 16.5 Å². The molecule has 0 aliphatic carbocycles.